The third kappa shape index (κ3) is 1.93. The minimum Gasteiger partial charge on any atom is -0.379 e. The molecule has 2 rings (SSSR count). The van der Waals surface area contributed by atoms with Gasteiger partial charge in [0.25, 0.3) is 0 Å². The molecule has 0 spiro atoms. The van der Waals surface area contributed by atoms with E-state index < -0.39 is 29.3 Å². The monoisotopic (exact) mass is 240 g/mol. The Bertz CT molecular complexity index is 374. The molecule has 2 fully saturated rings. The first kappa shape index (κ1) is 12.0. The van der Waals surface area contributed by atoms with Crippen LogP contribution in [0.15, 0.2) is 0 Å². The highest BCUT2D eigenvalue weighted by atomic mass is 16.5. The molecule has 0 bridgehead atoms. The molecule has 0 aromatic carbocycles. The molecule has 2 aliphatic heterocycles. The minimum absolute atomic E-state index is 0.326. The van der Waals surface area contributed by atoms with Crippen molar-refractivity contribution in [1.82, 2.24) is 10.2 Å². The normalized spacial score (nSPS) is 34.8. The lowest BCUT2D eigenvalue weighted by Gasteiger charge is -2.44. The van der Waals surface area contributed by atoms with Crippen LogP contribution in [0.25, 0.3) is 0 Å². The molecule has 94 valence electrons. The summed E-state index contributed by atoms with van der Waals surface area (Å²) in [6.45, 7) is 4.29. The Labute approximate surface area is 99.3 Å². The number of carbonyl (C=O) groups is 3. The zero-order valence-electron chi connectivity index (χ0n) is 9.99. The molecule has 1 N–H and O–H groups in total. The second kappa shape index (κ2) is 4.10. The van der Waals surface area contributed by atoms with Crippen LogP contribution in [-0.4, -0.2) is 41.5 Å². The molecule has 6 nitrogen and oxygen atoms in total. The van der Waals surface area contributed by atoms with Crippen molar-refractivity contribution < 1.29 is 19.1 Å². The lowest BCUT2D eigenvalue weighted by Crippen LogP contribution is -2.66. The molecule has 0 aliphatic carbocycles. The summed E-state index contributed by atoms with van der Waals surface area (Å²) in [7, 11) is 0. The molecule has 2 heterocycles. The molecule has 0 saturated carbocycles. The SMILES string of the molecule is CC1C(=O)NC(=O)N(C2(C)CCCOC2)C1=O. The molecule has 2 atom stereocenters. The first-order valence-corrected chi connectivity index (χ1v) is 5.72. The number of nitrogens with zero attached hydrogens (tertiary/aromatic N) is 1. The van der Waals surface area contributed by atoms with Gasteiger partial charge in [0.05, 0.1) is 12.1 Å². The van der Waals surface area contributed by atoms with E-state index in [-0.39, 0.29) is 0 Å². The van der Waals surface area contributed by atoms with Crippen LogP contribution in [0.5, 0.6) is 0 Å². The van der Waals surface area contributed by atoms with Gasteiger partial charge in [-0.15, -0.1) is 0 Å². The van der Waals surface area contributed by atoms with E-state index in [0.717, 1.165) is 11.3 Å². The Morgan fingerprint density at radius 1 is 1.41 bits per heavy atom. The molecule has 0 radical (unpaired) electrons. The average Bonchev–Trinajstić information content (AvgIpc) is 2.26. The van der Waals surface area contributed by atoms with E-state index in [0.29, 0.717) is 19.6 Å². The van der Waals surface area contributed by atoms with Gasteiger partial charge in [-0.25, -0.2) is 4.79 Å². The number of nitrogens with one attached hydrogen (secondary N) is 1. The molecule has 2 aliphatic rings. The summed E-state index contributed by atoms with van der Waals surface area (Å²) in [5.74, 6) is -1.78. The van der Waals surface area contributed by atoms with Gasteiger partial charge in [-0.3, -0.25) is 19.8 Å². The summed E-state index contributed by atoms with van der Waals surface area (Å²) in [6.07, 6.45) is 1.50. The zero-order chi connectivity index (χ0) is 12.6. The molecule has 4 amide bonds. The summed E-state index contributed by atoms with van der Waals surface area (Å²) in [5, 5.41) is 2.20. The first-order valence-electron chi connectivity index (χ1n) is 5.72. The van der Waals surface area contributed by atoms with Crippen LogP contribution in [0.1, 0.15) is 26.7 Å². The Hall–Kier alpha value is -1.43. The van der Waals surface area contributed by atoms with Crippen LogP contribution in [0.2, 0.25) is 0 Å². The third-order valence-corrected chi connectivity index (χ3v) is 3.37. The van der Waals surface area contributed by atoms with E-state index in [2.05, 4.69) is 5.32 Å². The van der Waals surface area contributed by atoms with Crippen molar-refractivity contribution in [2.75, 3.05) is 13.2 Å². The van der Waals surface area contributed by atoms with Gasteiger partial charge >= 0.3 is 6.03 Å². The minimum atomic E-state index is -0.813. The van der Waals surface area contributed by atoms with Crippen molar-refractivity contribution in [2.24, 2.45) is 5.92 Å². The van der Waals surface area contributed by atoms with E-state index in [1.165, 1.54) is 6.92 Å². The fraction of sp³-hybridized carbons (Fsp3) is 0.727. The number of imide groups is 2. The predicted octanol–water partition coefficient (Wildman–Crippen LogP) is 0.270. The fourth-order valence-corrected chi connectivity index (χ4v) is 2.28. The maximum Gasteiger partial charge on any atom is 0.331 e. The van der Waals surface area contributed by atoms with E-state index in [4.69, 9.17) is 4.74 Å². The van der Waals surface area contributed by atoms with Crippen LogP contribution in [0.4, 0.5) is 4.79 Å². The smallest absolute Gasteiger partial charge is 0.331 e. The summed E-state index contributed by atoms with van der Waals surface area (Å²) in [6, 6.07) is -0.633. The maximum atomic E-state index is 12.0. The molecular weight excluding hydrogens is 224 g/mol. The van der Waals surface area contributed by atoms with E-state index >= 15 is 0 Å². The van der Waals surface area contributed by atoms with Crippen molar-refractivity contribution in [3.05, 3.63) is 0 Å². The van der Waals surface area contributed by atoms with Gasteiger partial charge in [0.15, 0.2) is 0 Å². The topological polar surface area (TPSA) is 75.7 Å². The van der Waals surface area contributed by atoms with Crippen molar-refractivity contribution in [3.8, 4) is 0 Å². The maximum absolute atomic E-state index is 12.0. The highest BCUT2D eigenvalue weighted by molar-refractivity contribution is 6.16. The quantitative estimate of drug-likeness (QED) is 0.667. The molecule has 2 saturated heterocycles. The number of carbonyl (C=O) groups excluding carboxylic acids is 3. The first-order chi connectivity index (χ1) is 7.96. The van der Waals surface area contributed by atoms with Crippen molar-refractivity contribution in [1.29, 1.82) is 0 Å². The molecular formula is C11H16N2O4. The molecule has 6 heteroatoms. The Morgan fingerprint density at radius 3 is 2.71 bits per heavy atom. The standard InChI is InChI=1S/C11H16N2O4/c1-7-8(14)12-10(16)13(9(7)15)11(2)4-3-5-17-6-11/h7H,3-6H2,1-2H3,(H,12,14,16). The highest BCUT2D eigenvalue weighted by Gasteiger charge is 2.47. The highest BCUT2D eigenvalue weighted by Crippen LogP contribution is 2.29. The fourth-order valence-electron chi connectivity index (χ4n) is 2.28. The van der Waals surface area contributed by atoms with Crippen LogP contribution in [0, 0.1) is 5.92 Å². The van der Waals surface area contributed by atoms with Crippen LogP contribution >= 0.6 is 0 Å². The zero-order valence-corrected chi connectivity index (χ0v) is 9.99. The van der Waals surface area contributed by atoms with Gasteiger partial charge in [-0.1, -0.05) is 0 Å². The second-order valence-electron chi connectivity index (χ2n) is 4.84. The average molecular weight is 240 g/mol. The third-order valence-electron chi connectivity index (χ3n) is 3.37. The molecule has 2 unspecified atom stereocenters. The van der Waals surface area contributed by atoms with E-state index in [9.17, 15) is 14.4 Å². The van der Waals surface area contributed by atoms with Gasteiger partial charge in [0.2, 0.25) is 11.8 Å². The summed E-state index contributed by atoms with van der Waals surface area (Å²) >= 11 is 0. The summed E-state index contributed by atoms with van der Waals surface area (Å²) in [4.78, 5) is 36.3. The second-order valence-corrected chi connectivity index (χ2v) is 4.84. The summed E-state index contributed by atoms with van der Waals surface area (Å²) in [5.41, 5.74) is -0.644. The molecule has 0 aromatic rings. The van der Waals surface area contributed by atoms with Crippen LogP contribution < -0.4 is 5.32 Å². The Kier molecular flexibility index (Phi) is 2.91. The van der Waals surface area contributed by atoms with E-state index in [1.54, 1.807) is 0 Å². The van der Waals surface area contributed by atoms with Gasteiger partial charge in [-0.2, -0.15) is 0 Å². The van der Waals surface area contributed by atoms with Gasteiger partial charge in [0, 0.05) is 6.61 Å². The van der Waals surface area contributed by atoms with E-state index in [1.807, 2.05) is 6.92 Å². The van der Waals surface area contributed by atoms with Crippen LogP contribution in [-0.2, 0) is 14.3 Å². The van der Waals surface area contributed by atoms with Gasteiger partial charge in [-0.05, 0) is 26.7 Å². The number of hydrogen-bond donors (Lipinski definition) is 1. The lowest BCUT2D eigenvalue weighted by atomic mass is 9.90. The number of rotatable bonds is 1. The van der Waals surface area contributed by atoms with Gasteiger partial charge < -0.3 is 4.74 Å². The number of amides is 4. The number of barbiturate groups is 1. The van der Waals surface area contributed by atoms with Crippen molar-refractivity contribution >= 4 is 17.8 Å². The molecule has 0 aromatic heterocycles. The summed E-state index contributed by atoms with van der Waals surface area (Å²) < 4.78 is 5.34. The number of urea groups is 1. The van der Waals surface area contributed by atoms with Crippen LogP contribution in [0.3, 0.4) is 0 Å². The Balaban J connectivity index is 2.26. The predicted molar refractivity (Wildman–Crippen MR) is 58.0 cm³/mol. The lowest BCUT2D eigenvalue weighted by molar-refractivity contribution is -0.149. The largest absolute Gasteiger partial charge is 0.379 e. The van der Waals surface area contributed by atoms with Crippen molar-refractivity contribution in [3.63, 3.8) is 0 Å². The Morgan fingerprint density at radius 2 is 2.12 bits per heavy atom. The van der Waals surface area contributed by atoms with Crippen molar-refractivity contribution in [2.45, 2.75) is 32.2 Å². The number of hydrogen-bond acceptors (Lipinski definition) is 4. The molecule has 17 heavy (non-hydrogen) atoms. The van der Waals surface area contributed by atoms with Gasteiger partial charge in [0.1, 0.15) is 5.92 Å². The number of ether oxygens (including phenoxy) is 1.